The Kier molecular flexibility index (Phi) is 4.11. The fraction of sp³-hybridized carbons (Fsp3) is 0.467. The number of hydrogen-bond acceptors (Lipinski definition) is 5. The first kappa shape index (κ1) is 15.9. The number of imidazole rings is 1. The van der Waals surface area contributed by atoms with Gasteiger partial charge in [0.25, 0.3) is 10.0 Å². The van der Waals surface area contributed by atoms with Crippen LogP contribution in [0.15, 0.2) is 35.9 Å². The molecule has 8 heteroatoms. The largest absolute Gasteiger partial charge is 0.488 e. The molecule has 0 atom stereocenters. The quantitative estimate of drug-likeness (QED) is 0.829. The van der Waals surface area contributed by atoms with Crippen LogP contribution in [-0.4, -0.2) is 46.5 Å². The van der Waals surface area contributed by atoms with E-state index < -0.39 is 10.0 Å². The Balaban J connectivity index is 1.63. The van der Waals surface area contributed by atoms with Crippen LogP contribution in [0, 0.1) is 6.92 Å². The van der Waals surface area contributed by atoms with Crippen molar-refractivity contribution >= 4 is 10.0 Å². The van der Waals surface area contributed by atoms with Crippen LogP contribution in [0.1, 0.15) is 25.6 Å². The SMILES string of the molecule is Cc1cc(OC2CN(S(=O)(=O)c3cn(C(C)C)cn3)C2)ccn1. The van der Waals surface area contributed by atoms with Crippen LogP contribution in [0.25, 0.3) is 0 Å². The Morgan fingerprint density at radius 2 is 2.04 bits per heavy atom. The van der Waals surface area contributed by atoms with Crippen molar-refractivity contribution in [2.45, 2.75) is 37.9 Å². The molecule has 1 aliphatic rings. The highest BCUT2D eigenvalue weighted by molar-refractivity contribution is 7.89. The summed E-state index contributed by atoms with van der Waals surface area (Å²) in [4.78, 5) is 8.12. The van der Waals surface area contributed by atoms with E-state index in [0.717, 1.165) is 5.69 Å². The van der Waals surface area contributed by atoms with Gasteiger partial charge in [-0.2, -0.15) is 4.31 Å². The molecular formula is C15H20N4O3S. The van der Waals surface area contributed by atoms with Crippen LogP contribution in [0.5, 0.6) is 5.75 Å². The summed E-state index contributed by atoms with van der Waals surface area (Å²) in [5, 5.41) is 0.0874. The van der Waals surface area contributed by atoms with Gasteiger partial charge in [0, 0.05) is 30.2 Å². The first-order chi connectivity index (χ1) is 10.9. The molecule has 0 aromatic carbocycles. The van der Waals surface area contributed by atoms with Crippen LogP contribution < -0.4 is 4.74 Å². The van der Waals surface area contributed by atoms with Crippen molar-refractivity contribution in [3.63, 3.8) is 0 Å². The van der Waals surface area contributed by atoms with E-state index in [1.165, 1.54) is 4.31 Å². The summed E-state index contributed by atoms with van der Waals surface area (Å²) in [5.41, 5.74) is 0.866. The number of pyridine rings is 1. The summed E-state index contributed by atoms with van der Waals surface area (Å²) in [6.45, 7) is 6.50. The highest BCUT2D eigenvalue weighted by Crippen LogP contribution is 2.24. The lowest BCUT2D eigenvalue weighted by Crippen LogP contribution is -2.56. The topological polar surface area (TPSA) is 77.3 Å². The van der Waals surface area contributed by atoms with Gasteiger partial charge < -0.3 is 9.30 Å². The van der Waals surface area contributed by atoms with Gasteiger partial charge in [-0.1, -0.05) is 0 Å². The zero-order valence-corrected chi connectivity index (χ0v) is 14.2. The molecule has 1 aliphatic heterocycles. The number of rotatable bonds is 5. The van der Waals surface area contributed by atoms with Crippen LogP contribution >= 0.6 is 0 Å². The van der Waals surface area contributed by atoms with Crippen molar-refractivity contribution in [2.24, 2.45) is 0 Å². The number of ether oxygens (including phenoxy) is 1. The van der Waals surface area contributed by atoms with Gasteiger partial charge in [0.15, 0.2) is 5.03 Å². The number of aryl methyl sites for hydroxylation is 1. The predicted molar refractivity (Wildman–Crippen MR) is 84.8 cm³/mol. The van der Waals surface area contributed by atoms with Gasteiger partial charge in [0.2, 0.25) is 0 Å². The van der Waals surface area contributed by atoms with Crippen molar-refractivity contribution in [3.8, 4) is 5.75 Å². The molecule has 23 heavy (non-hydrogen) atoms. The average Bonchev–Trinajstić information content (AvgIpc) is 2.93. The Morgan fingerprint density at radius 3 is 2.65 bits per heavy atom. The van der Waals surface area contributed by atoms with Crippen molar-refractivity contribution in [3.05, 3.63) is 36.5 Å². The average molecular weight is 336 g/mol. The van der Waals surface area contributed by atoms with Gasteiger partial charge in [0.05, 0.1) is 19.4 Å². The van der Waals surface area contributed by atoms with E-state index in [-0.39, 0.29) is 17.2 Å². The molecule has 0 radical (unpaired) electrons. The van der Waals surface area contributed by atoms with Crippen molar-refractivity contribution in [1.29, 1.82) is 0 Å². The van der Waals surface area contributed by atoms with E-state index in [2.05, 4.69) is 9.97 Å². The third-order valence-electron chi connectivity index (χ3n) is 3.76. The predicted octanol–water partition coefficient (Wildman–Crippen LogP) is 1.62. The summed E-state index contributed by atoms with van der Waals surface area (Å²) in [7, 11) is -3.54. The maximum atomic E-state index is 12.5. The minimum Gasteiger partial charge on any atom is -0.488 e. The molecule has 1 fully saturated rings. The van der Waals surface area contributed by atoms with E-state index in [1.807, 2.05) is 26.8 Å². The fourth-order valence-electron chi connectivity index (χ4n) is 2.32. The fourth-order valence-corrected chi connectivity index (χ4v) is 3.75. The molecule has 0 saturated carbocycles. The third-order valence-corrected chi connectivity index (χ3v) is 5.48. The van der Waals surface area contributed by atoms with E-state index in [0.29, 0.717) is 18.8 Å². The maximum Gasteiger partial charge on any atom is 0.262 e. The second-order valence-corrected chi connectivity index (χ2v) is 7.83. The van der Waals surface area contributed by atoms with Gasteiger partial charge in [-0.25, -0.2) is 13.4 Å². The van der Waals surface area contributed by atoms with E-state index >= 15 is 0 Å². The van der Waals surface area contributed by atoms with E-state index in [9.17, 15) is 8.42 Å². The monoisotopic (exact) mass is 336 g/mol. The zero-order chi connectivity index (χ0) is 16.6. The molecule has 0 unspecified atom stereocenters. The Hall–Kier alpha value is -1.93. The molecule has 0 aliphatic carbocycles. The molecule has 7 nitrogen and oxygen atoms in total. The van der Waals surface area contributed by atoms with Gasteiger partial charge in [-0.3, -0.25) is 4.98 Å². The summed E-state index contributed by atoms with van der Waals surface area (Å²) in [6, 6.07) is 3.78. The Labute approximate surface area is 136 Å². The minimum atomic E-state index is -3.54. The molecule has 0 N–H and O–H groups in total. The molecule has 1 saturated heterocycles. The van der Waals surface area contributed by atoms with Crippen molar-refractivity contribution in [2.75, 3.05) is 13.1 Å². The summed E-state index contributed by atoms with van der Waals surface area (Å²) >= 11 is 0. The highest BCUT2D eigenvalue weighted by atomic mass is 32.2. The lowest BCUT2D eigenvalue weighted by Gasteiger charge is -2.37. The normalized spacial score (nSPS) is 16.5. The lowest BCUT2D eigenvalue weighted by molar-refractivity contribution is 0.0759. The summed E-state index contributed by atoms with van der Waals surface area (Å²) < 4.78 is 33.9. The van der Waals surface area contributed by atoms with Crippen LogP contribution in [0.4, 0.5) is 0 Å². The van der Waals surface area contributed by atoms with Gasteiger partial charge in [-0.05, 0) is 26.8 Å². The minimum absolute atomic E-state index is 0.0874. The Bertz CT molecular complexity index is 795. The first-order valence-electron chi connectivity index (χ1n) is 7.49. The number of hydrogen-bond donors (Lipinski definition) is 0. The van der Waals surface area contributed by atoms with Gasteiger partial charge in [-0.15, -0.1) is 0 Å². The van der Waals surface area contributed by atoms with Crippen molar-refractivity contribution < 1.29 is 13.2 Å². The summed E-state index contributed by atoms with van der Waals surface area (Å²) in [6.07, 6.45) is 4.65. The van der Waals surface area contributed by atoms with Gasteiger partial charge >= 0.3 is 0 Å². The first-order valence-corrected chi connectivity index (χ1v) is 8.93. The third kappa shape index (κ3) is 3.23. The van der Waals surface area contributed by atoms with Crippen LogP contribution in [-0.2, 0) is 10.0 Å². The molecule has 0 spiro atoms. The molecule has 3 heterocycles. The van der Waals surface area contributed by atoms with Crippen LogP contribution in [0.3, 0.4) is 0 Å². The molecule has 3 rings (SSSR count). The Morgan fingerprint density at radius 1 is 1.30 bits per heavy atom. The maximum absolute atomic E-state index is 12.5. The molecule has 124 valence electrons. The second-order valence-electron chi connectivity index (χ2n) is 5.95. The molecule has 0 bridgehead atoms. The molecule has 0 amide bonds. The molecule has 2 aromatic heterocycles. The number of sulfonamides is 1. The highest BCUT2D eigenvalue weighted by Gasteiger charge is 2.39. The van der Waals surface area contributed by atoms with Crippen molar-refractivity contribution in [1.82, 2.24) is 18.8 Å². The smallest absolute Gasteiger partial charge is 0.262 e. The lowest BCUT2D eigenvalue weighted by atomic mass is 10.2. The molecular weight excluding hydrogens is 316 g/mol. The standard InChI is InChI=1S/C15H20N4O3S/c1-11(2)18-9-15(17-10-18)23(20,21)19-7-14(8-19)22-13-4-5-16-12(3)6-13/h4-6,9-11,14H,7-8H2,1-3H3. The van der Waals surface area contributed by atoms with E-state index in [4.69, 9.17) is 4.74 Å². The summed E-state index contributed by atoms with van der Waals surface area (Å²) in [5.74, 6) is 0.712. The van der Waals surface area contributed by atoms with Gasteiger partial charge in [0.1, 0.15) is 11.9 Å². The number of aromatic nitrogens is 3. The van der Waals surface area contributed by atoms with E-state index in [1.54, 1.807) is 29.4 Å². The zero-order valence-electron chi connectivity index (χ0n) is 13.4. The second kappa shape index (κ2) is 5.93. The molecule has 2 aromatic rings. The number of nitrogens with zero attached hydrogens (tertiary/aromatic N) is 4. The van der Waals surface area contributed by atoms with Crippen LogP contribution in [0.2, 0.25) is 0 Å².